The second-order valence-corrected chi connectivity index (χ2v) is 8.76. The minimum atomic E-state index is -0.727. The van der Waals surface area contributed by atoms with Crippen LogP contribution in [0, 0.1) is 11.6 Å². The summed E-state index contributed by atoms with van der Waals surface area (Å²) in [5, 5.41) is 3.03. The van der Waals surface area contributed by atoms with Crippen molar-refractivity contribution >= 4 is 11.8 Å². The summed E-state index contributed by atoms with van der Waals surface area (Å²) in [4.78, 5) is 28.1. The van der Waals surface area contributed by atoms with Crippen molar-refractivity contribution < 1.29 is 18.4 Å². The van der Waals surface area contributed by atoms with Crippen LogP contribution in [0.2, 0.25) is 0 Å². The molecule has 1 heterocycles. The van der Waals surface area contributed by atoms with Crippen LogP contribution in [0.1, 0.15) is 36.0 Å². The van der Waals surface area contributed by atoms with Gasteiger partial charge < -0.3 is 10.2 Å². The topological polar surface area (TPSA) is 49.4 Å². The first-order chi connectivity index (χ1) is 16.5. The lowest BCUT2D eigenvalue weighted by atomic mass is 9.72. The minimum Gasteiger partial charge on any atom is -0.351 e. The molecule has 0 spiro atoms. The lowest BCUT2D eigenvalue weighted by Gasteiger charge is -2.41. The number of carbonyl (C=O) groups is 2. The fourth-order valence-electron chi connectivity index (χ4n) is 4.56. The summed E-state index contributed by atoms with van der Waals surface area (Å²) >= 11 is 0. The first-order valence-electron chi connectivity index (χ1n) is 11.6. The molecule has 34 heavy (non-hydrogen) atoms. The molecule has 3 aromatic carbocycles. The number of likely N-dealkylation sites (tertiary alicyclic amines) is 1. The molecule has 4 rings (SSSR count). The SMILES string of the molecule is O=C(CCc1ccc(F)cc1)N1CCC(C(=O)NCc2ccc(F)cc2)(c2ccccc2)CC1. The Morgan fingerprint density at radius 3 is 1.94 bits per heavy atom. The number of piperidine rings is 1. The van der Waals surface area contributed by atoms with Gasteiger partial charge in [0.25, 0.3) is 0 Å². The third-order valence-electron chi connectivity index (χ3n) is 6.64. The normalized spacial score (nSPS) is 15.1. The van der Waals surface area contributed by atoms with Gasteiger partial charge in [0.15, 0.2) is 0 Å². The summed E-state index contributed by atoms with van der Waals surface area (Å²) in [6.45, 7) is 1.29. The number of carbonyl (C=O) groups excluding carboxylic acids is 2. The van der Waals surface area contributed by atoms with Crippen molar-refractivity contribution in [2.45, 2.75) is 37.6 Å². The largest absolute Gasteiger partial charge is 0.351 e. The molecule has 2 amide bonds. The van der Waals surface area contributed by atoms with Crippen molar-refractivity contribution in [3.05, 3.63) is 107 Å². The number of amides is 2. The molecule has 1 fully saturated rings. The van der Waals surface area contributed by atoms with Gasteiger partial charge in [-0.05, 0) is 60.2 Å². The van der Waals surface area contributed by atoms with E-state index in [4.69, 9.17) is 0 Å². The van der Waals surface area contributed by atoms with Crippen LogP contribution in [0.5, 0.6) is 0 Å². The molecule has 176 valence electrons. The summed E-state index contributed by atoms with van der Waals surface area (Å²) in [5.74, 6) is -0.646. The predicted octanol–water partition coefficient (Wildman–Crippen LogP) is 4.77. The van der Waals surface area contributed by atoms with E-state index in [-0.39, 0.29) is 23.4 Å². The van der Waals surface area contributed by atoms with Crippen LogP contribution < -0.4 is 5.32 Å². The summed E-state index contributed by atoms with van der Waals surface area (Å²) in [6.07, 6.45) is 1.95. The highest BCUT2D eigenvalue weighted by Crippen LogP contribution is 2.36. The summed E-state index contributed by atoms with van der Waals surface area (Å²) in [6, 6.07) is 22.0. The Labute approximate surface area is 198 Å². The van der Waals surface area contributed by atoms with Crippen LogP contribution in [0.15, 0.2) is 78.9 Å². The fourth-order valence-corrected chi connectivity index (χ4v) is 4.56. The number of hydrogen-bond acceptors (Lipinski definition) is 2. The first kappa shape index (κ1) is 23.6. The lowest BCUT2D eigenvalue weighted by Crippen LogP contribution is -2.52. The minimum absolute atomic E-state index is 0.0395. The second kappa shape index (κ2) is 10.6. The van der Waals surface area contributed by atoms with Crippen molar-refractivity contribution in [3.63, 3.8) is 0 Å². The summed E-state index contributed by atoms with van der Waals surface area (Å²) < 4.78 is 26.3. The van der Waals surface area contributed by atoms with Crippen LogP contribution >= 0.6 is 0 Å². The molecule has 6 heteroatoms. The third-order valence-corrected chi connectivity index (χ3v) is 6.64. The Kier molecular flexibility index (Phi) is 7.36. The number of rotatable bonds is 7. The Morgan fingerprint density at radius 2 is 1.35 bits per heavy atom. The van der Waals surface area contributed by atoms with Gasteiger partial charge in [-0.1, -0.05) is 54.6 Å². The summed E-state index contributed by atoms with van der Waals surface area (Å²) in [5.41, 5.74) is 1.96. The zero-order valence-corrected chi connectivity index (χ0v) is 19.0. The average Bonchev–Trinajstić information content (AvgIpc) is 2.88. The predicted molar refractivity (Wildman–Crippen MR) is 127 cm³/mol. The Bertz CT molecular complexity index is 1110. The van der Waals surface area contributed by atoms with E-state index in [1.807, 2.05) is 35.2 Å². The van der Waals surface area contributed by atoms with Gasteiger partial charge in [0, 0.05) is 26.1 Å². The molecule has 1 aliphatic rings. The quantitative estimate of drug-likeness (QED) is 0.550. The number of hydrogen-bond donors (Lipinski definition) is 1. The van der Waals surface area contributed by atoms with Gasteiger partial charge in [-0.2, -0.15) is 0 Å². The van der Waals surface area contributed by atoms with Crippen molar-refractivity contribution in [2.75, 3.05) is 13.1 Å². The third kappa shape index (κ3) is 5.50. The highest BCUT2D eigenvalue weighted by molar-refractivity contribution is 5.89. The van der Waals surface area contributed by atoms with E-state index >= 15 is 0 Å². The number of nitrogens with zero attached hydrogens (tertiary/aromatic N) is 1. The maximum absolute atomic E-state index is 13.5. The Hall–Kier alpha value is -3.54. The van der Waals surface area contributed by atoms with E-state index in [1.54, 1.807) is 24.3 Å². The maximum Gasteiger partial charge on any atom is 0.231 e. The van der Waals surface area contributed by atoms with E-state index in [1.165, 1.54) is 24.3 Å². The molecule has 1 aliphatic heterocycles. The molecular formula is C28H28F2N2O2. The summed E-state index contributed by atoms with van der Waals surface area (Å²) in [7, 11) is 0. The molecule has 0 aliphatic carbocycles. The van der Waals surface area contributed by atoms with Gasteiger partial charge in [0.1, 0.15) is 11.6 Å². The smallest absolute Gasteiger partial charge is 0.231 e. The van der Waals surface area contributed by atoms with Gasteiger partial charge in [0.05, 0.1) is 5.41 Å². The molecule has 0 bridgehead atoms. The molecule has 0 unspecified atom stereocenters. The van der Waals surface area contributed by atoms with Crippen LogP contribution in [0.4, 0.5) is 8.78 Å². The van der Waals surface area contributed by atoms with Gasteiger partial charge in [-0.15, -0.1) is 0 Å². The maximum atomic E-state index is 13.5. The number of benzene rings is 3. The number of nitrogens with one attached hydrogen (secondary N) is 1. The molecule has 1 N–H and O–H groups in total. The highest BCUT2D eigenvalue weighted by Gasteiger charge is 2.43. The molecule has 4 nitrogen and oxygen atoms in total. The van der Waals surface area contributed by atoms with Crippen molar-refractivity contribution in [1.82, 2.24) is 10.2 Å². The number of aryl methyl sites for hydroxylation is 1. The van der Waals surface area contributed by atoms with Crippen molar-refractivity contribution in [3.8, 4) is 0 Å². The zero-order valence-electron chi connectivity index (χ0n) is 19.0. The average molecular weight is 463 g/mol. The standard InChI is InChI=1S/C28H28F2N2O2/c29-24-11-6-21(7-12-24)10-15-26(33)32-18-16-28(17-19-32,23-4-2-1-3-5-23)27(34)31-20-22-8-13-25(30)14-9-22/h1-9,11-14H,10,15-20H2,(H,31,34). The molecule has 0 radical (unpaired) electrons. The van der Waals surface area contributed by atoms with Crippen LogP contribution in [-0.2, 0) is 28.0 Å². The molecule has 0 atom stereocenters. The van der Waals surface area contributed by atoms with Gasteiger partial charge >= 0.3 is 0 Å². The molecule has 1 saturated heterocycles. The van der Waals surface area contributed by atoms with E-state index in [2.05, 4.69) is 5.32 Å². The monoisotopic (exact) mass is 462 g/mol. The van der Waals surface area contributed by atoms with E-state index < -0.39 is 5.41 Å². The van der Waals surface area contributed by atoms with Gasteiger partial charge in [-0.25, -0.2) is 8.78 Å². The van der Waals surface area contributed by atoms with E-state index in [9.17, 15) is 18.4 Å². The van der Waals surface area contributed by atoms with Crippen LogP contribution in [-0.4, -0.2) is 29.8 Å². The van der Waals surface area contributed by atoms with Gasteiger partial charge in [-0.3, -0.25) is 9.59 Å². The van der Waals surface area contributed by atoms with E-state index in [0.717, 1.165) is 16.7 Å². The van der Waals surface area contributed by atoms with Gasteiger partial charge in [0.2, 0.25) is 11.8 Å². The molecule has 0 saturated carbocycles. The van der Waals surface area contributed by atoms with Crippen LogP contribution in [0.3, 0.4) is 0 Å². The fraction of sp³-hybridized carbons (Fsp3) is 0.286. The zero-order chi connectivity index (χ0) is 24.0. The van der Waals surface area contributed by atoms with Crippen molar-refractivity contribution in [1.29, 1.82) is 0 Å². The second-order valence-electron chi connectivity index (χ2n) is 8.76. The van der Waals surface area contributed by atoms with Crippen molar-refractivity contribution in [2.24, 2.45) is 0 Å². The number of halogens is 2. The highest BCUT2D eigenvalue weighted by atomic mass is 19.1. The molecule has 0 aromatic heterocycles. The Balaban J connectivity index is 1.41. The van der Waals surface area contributed by atoms with Crippen LogP contribution in [0.25, 0.3) is 0 Å². The molecular weight excluding hydrogens is 434 g/mol. The Morgan fingerprint density at radius 1 is 0.794 bits per heavy atom. The molecule has 3 aromatic rings. The van der Waals surface area contributed by atoms with E-state index in [0.29, 0.717) is 45.3 Å². The first-order valence-corrected chi connectivity index (χ1v) is 11.6. The lowest BCUT2D eigenvalue weighted by molar-refractivity contribution is -0.137.